The van der Waals surface area contributed by atoms with E-state index in [0.717, 1.165) is 11.6 Å². The number of hydrogen-bond donors (Lipinski definition) is 1. The summed E-state index contributed by atoms with van der Waals surface area (Å²) in [5, 5.41) is 13.7. The van der Waals surface area contributed by atoms with Gasteiger partial charge in [-0.05, 0) is 25.1 Å². The van der Waals surface area contributed by atoms with E-state index < -0.39 is 22.9 Å². The van der Waals surface area contributed by atoms with E-state index in [-0.39, 0.29) is 16.3 Å². The topological polar surface area (TPSA) is 98.5 Å². The van der Waals surface area contributed by atoms with Crippen molar-refractivity contribution in [1.82, 2.24) is 0 Å². The summed E-state index contributed by atoms with van der Waals surface area (Å²) in [6, 6.07) is 19.0. The van der Waals surface area contributed by atoms with Gasteiger partial charge in [0.05, 0.1) is 15.5 Å². The lowest BCUT2D eigenvalue weighted by atomic mass is 10.1. The van der Waals surface area contributed by atoms with E-state index in [4.69, 9.17) is 16.3 Å². The maximum atomic E-state index is 12.9. The van der Waals surface area contributed by atoms with Gasteiger partial charge >= 0.3 is 5.97 Å². The van der Waals surface area contributed by atoms with Crippen molar-refractivity contribution in [2.75, 3.05) is 5.32 Å². The number of carbonyl (C=O) groups excluding carboxylic acids is 2. The van der Waals surface area contributed by atoms with Crippen molar-refractivity contribution in [2.45, 2.75) is 13.0 Å². The molecule has 0 aliphatic rings. The first-order chi connectivity index (χ1) is 14.3. The number of carbonyl (C=O) groups is 2. The van der Waals surface area contributed by atoms with E-state index in [0.29, 0.717) is 11.3 Å². The summed E-state index contributed by atoms with van der Waals surface area (Å²) < 4.78 is 5.44. The molecule has 0 aliphatic carbocycles. The van der Waals surface area contributed by atoms with Gasteiger partial charge in [-0.15, -0.1) is 0 Å². The zero-order valence-electron chi connectivity index (χ0n) is 15.9. The van der Waals surface area contributed by atoms with Gasteiger partial charge in [0.2, 0.25) is 6.10 Å². The largest absolute Gasteiger partial charge is 0.444 e. The van der Waals surface area contributed by atoms with Crippen LogP contribution < -0.4 is 5.32 Å². The number of benzene rings is 3. The Morgan fingerprint density at radius 3 is 2.33 bits per heavy atom. The van der Waals surface area contributed by atoms with Crippen LogP contribution in [0.15, 0.2) is 72.8 Å². The van der Waals surface area contributed by atoms with Gasteiger partial charge in [-0.2, -0.15) is 0 Å². The highest BCUT2D eigenvalue weighted by molar-refractivity contribution is 6.33. The van der Waals surface area contributed by atoms with Crippen LogP contribution in [0.25, 0.3) is 0 Å². The van der Waals surface area contributed by atoms with E-state index in [1.54, 1.807) is 42.5 Å². The van der Waals surface area contributed by atoms with E-state index >= 15 is 0 Å². The molecule has 1 amide bonds. The number of nitro groups is 1. The summed E-state index contributed by atoms with van der Waals surface area (Å²) in [5.74, 6) is -1.52. The molecule has 0 aliphatic heterocycles. The van der Waals surface area contributed by atoms with Gasteiger partial charge < -0.3 is 10.1 Å². The van der Waals surface area contributed by atoms with Crippen LogP contribution in [0.5, 0.6) is 0 Å². The van der Waals surface area contributed by atoms with Crippen LogP contribution in [0.2, 0.25) is 5.02 Å². The molecule has 0 aromatic heterocycles. The second-order valence-electron chi connectivity index (χ2n) is 6.47. The molecule has 3 rings (SSSR count). The summed E-state index contributed by atoms with van der Waals surface area (Å²) in [7, 11) is 0. The van der Waals surface area contributed by atoms with E-state index in [9.17, 15) is 19.7 Å². The van der Waals surface area contributed by atoms with Crippen molar-refractivity contribution < 1.29 is 19.2 Å². The molecule has 0 spiro atoms. The third-order valence-corrected chi connectivity index (χ3v) is 4.59. The van der Waals surface area contributed by atoms with Gasteiger partial charge in [0, 0.05) is 23.4 Å². The summed E-state index contributed by atoms with van der Waals surface area (Å²) in [6.45, 7) is 1.92. The molecule has 0 fully saturated rings. The third kappa shape index (κ3) is 5.01. The summed E-state index contributed by atoms with van der Waals surface area (Å²) >= 11 is 6.03. The molecule has 0 heterocycles. The van der Waals surface area contributed by atoms with Crippen molar-refractivity contribution in [3.8, 4) is 0 Å². The Kier molecular flexibility index (Phi) is 6.44. The van der Waals surface area contributed by atoms with Crippen molar-refractivity contribution >= 4 is 34.9 Å². The number of nitrogens with one attached hydrogen (secondary N) is 1. The second-order valence-corrected chi connectivity index (χ2v) is 6.88. The Balaban J connectivity index is 1.89. The molecular weight excluding hydrogens is 408 g/mol. The molecule has 0 bridgehead atoms. The number of non-ortho nitro benzene ring substituents is 1. The molecule has 152 valence electrons. The summed E-state index contributed by atoms with van der Waals surface area (Å²) in [4.78, 5) is 36.0. The number of rotatable bonds is 6. The van der Waals surface area contributed by atoms with Gasteiger partial charge in [-0.25, -0.2) is 4.79 Å². The van der Waals surface area contributed by atoms with Gasteiger partial charge in [-0.1, -0.05) is 59.6 Å². The lowest BCUT2D eigenvalue weighted by molar-refractivity contribution is -0.384. The zero-order chi connectivity index (χ0) is 21.7. The average Bonchev–Trinajstić information content (AvgIpc) is 2.74. The Bertz CT molecular complexity index is 1080. The smallest absolute Gasteiger partial charge is 0.341 e. The maximum Gasteiger partial charge on any atom is 0.341 e. The number of aryl methyl sites for hydroxylation is 1. The Hall–Kier alpha value is -3.71. The fraction of sp³-hybridized carbons (Fsp3) is 0.0909. The number of anilines is 1. The van der Waals surface area contributed by atoms with Crippen LogP contribution in [0.3, 0.4) is 0 Å². The molecule has 0 radical (unpaired) electrons. The minimum atomic E-state index is -1.28. The Labute approximate surface area is 177 Å². The first-order valence-corrected chi connectivity index (χ1v) is 9.30. The van der Waals surface area contributed by atoms with Crippen LogP contribution in [0, 0.1) is 17.0 Å². The molecular formula is C22H17ClN2O5. The van der Waals surface area contributed by atoms with Crippen LogP contribution in [-0.2, 0) is 9.53 Å². The van der Waals surface area contributed by atoms with Crippen molar-refractivity contribution in [2.24, 2.45) is 0 Å². The molecule has 30 heavy (non-hydrogen) atoms. The number of ether oxygens (including phenoxy) is 1. The Morgan fingerprint density at radius 2 is 1.70 bits per heavy atom. The number of halogens is 1. The molecule has 1 N–H and O–H groups in total. The Morgan fingerprint density at radius 1 is 1.03 bits per heavy atom. The fourth-order valence-electron chi connectivity index (χ4n) is 2.70. The van der Waals surface area contributed by atoms with Crippen LogP contribution >= 0.6 is 11.6 Å². The first kappa shape index (κ1) is 21.0. The van der Waals surface area contributed by atoms with Crippen LogP contribution in [-0.4, -0.2) is 16.8 Å². The third-order valence-electron chi connectivity index (χ3n) is 4.27. The van der Waals surface area contributed by atoms with Crippen LogP contribution in [0.1, 0.15) is 27.6 Å². The van der Waals surface area contributed by atoms with E-state index in [1.165, 1.54) is 12.1 Å². The molecule has 0 saturated heterocycles. The molecule has 3 aromatic carbocycles. The minimum Gasteiger partial charge on any atom is -0.444 e. The molecule has 0 saturated carbocycles. The standard InChI is InChI=1S/C22H17ClN2O5/c1-14-7-9-16(10-8-14)24-21(26)20(15-5-3-2-4-6-15)30-22(27)18-13-17(25(28)29)11-12-19(18)23/h2-13,20H,1H3,(H,24,26). The number of nitrogens with zero attached hydrogens (tertiary/aromatic N) is 1. The lowest BCUT2D eigenvalue weighted by Crippen LogP contribution is -2.26. The zero-order valence-corrected chi connectivity index (χ0v) is 16.6. The molecule has 1 unspecified atom stereocenters. The number of amides is 1. The average molecular weight is 425 g/mol. The van der Waals surface area contributed by atoms with Crippen molar-refractivity contribution in [3.63, 3.8) is 0 Å². The highest BCUT2D eigenvalue weighted by Crippen LogP contribution is 2.27. The lowest BCUT2D eigenvalue weighted by Gasteiger charge is -2.18. The summed E-state index contributed by atoms with van der Waals surface area (Å²) in [5.41, 5.74) is 1.49. The molecule has 7 nitrogen and oxygen atoms in total. The number of nitro benzene ring substituents is 1. The normalized spacial score (nSPS) is 11.4. The predicted octanol–water partition coefficient (Wildman–Crippen LogP) is 5.09. The molecule has 8 heteroatoms. The van der Waals surface area contributed by atoms with E-state index in [1.807, 2.05) is 19.1 Å². The highest BCUT2D eigenvalue weighted by atomic mass is 35.5. The number of hydrogen-bond acceptors (Lipinski definition) is 5. The molecule has 1 atom stereocenters. The quantitative estimate of drug-likeness (QED) is 0.337. The highest BCUT2D eigenvalue weighted by Gasteiger charge is 2.27. The minimum absolute atomic E-state index is 0.0173. The van der Waals surface area contributed by atoms with Crippen molar-refractivity contribution in [3.05, 3.63) is 105 Å². The number of esters is 1. The SMILES string of the molecule is Cc1ccc(NC(=O)C(OC(=O)c2cc([N+](=O)[O-])ccc2Cl)c2ccccc2)cc1. The molecule has 3 aromatic rings. The van der Waals surface area contributed by atoms with Gasteiger partial charge in [-0.3, -0.25) is 14.9 Å². The first-order valence-electron chi connectivity index (χ1n) is 8.92. The van der Waals surface area contributed by atoms with Crippen LogP contribution in [0.4, 0.5) is 11.4 Å². The second kappa shape index (κ2) is 9.19. The summed E-state index contributed by atoms with van der Waals surface area (Å²) in [6.07, 6.45) is -1.28. The van der Waals surface area contributed by atoms with Gasteiger partial charge in [0.25, 0.3) is 11.6 Å². The predicted molar refractivity (Wildman–Crippen MR) is 113 cm³/mol. The monoisotopic (exact) mass is 424 g/mol. The maximum absolute atomic E-state index is 12.9. The van der Waals surface area contributed by atoms with Gasteiger partial charge in [0.1, 0.15) is 0 Å². The van der Waals surface area contributed by atoms with Crippen molar-refractivity contribution in [1.29, 1.82) is 0 Å². The fourth-order valence-corrected chi connectivity index (χ4v) is 2.89. The van der Waals surface area contributed by atoms with E-state index in [2.05, 4.69) is 5.32 Å². The van der Waals surface area contributed by atoms with Gasteiger partial charge in [0.15, 0.2) is 0 Å².